The minimum absolute atomic E-state index is 0.628. The molecule has 0 unspecified atom stereocenters. The Bertz CT molecular complexity index is 623. The smallest absolute Gasteiger partial charge is 0.225 e. The van der Waals surface area contributed by atoms with Crippen molar-refractivity contribution in [2.75, 3.05) is 23.3 Å². The third kappa shape index (κ3) is 3.45. The number of rotatable bonds is 4. The van der Waals surface area contributed by atoms with Gasteiger partial charge in [-0.05, 0) is 31.4 Å². The van der Waals surface area contributed by atoms with Crippen molar-refractivity contribution < 1.29 is 0 Å². The molecule has 0 atom stereocenters. The molecule has 1 aromatic carbocycles. The third-order valence-electron chi connectivity index (χ3n) is 3.67. The van der Waals surface area contributed by atoms with Gasteiger partial charge in [-0.3, -0.25) is 0 Å². The molecule has 0 spiro atoms. The Morgan fingerprint density at radius 2 is 1.95 bits per heavy atom. The van der Waals surface area contributed by atoms with Gasteiger partial charge in [0.25, 0.3) is 0 Å². The maximum Gasteiger partial charge on any atom is 0.225 e. The fraction of sp³-hybridized carbons (Fsp3) is 0.375. The minimum Gasteiger partial charge on any atom is -0.356 e. The molecule has 1 aliphatic heterocycles. The molecule has 1 saturated heterocycles. The second-order valence-electron chi connectivity index (χ2n) is 5.33. The van der Waals surface area contributed by atoms with Crippen LogP contribution in [0.1, 0.15) is 24.1 Å². The van der Waals surface area contributed by atoms with E-state index in [1.807, 2.05) is 37.3 Å². The molecule has 2 aromatic rings. The number of anilines is 2. The predicted molar refractivity (Wildman–Crippen MR) is 87.0 cm³/mol. The van der Waals surface area contributed by atoms with Crippen molar-refractivity contribution in [3.05, 3.63) is 46.6 Å². The molecule has 1 aliphatic rings. The molecule has 3 rings (SSSR count). The Morgan fingerprint density at radius 3 is 2.71 bits per heavy atom. The van der Waals surface area contributed by atoms with Crippen LogP contribution < -0.4 is 10.2 Å². The Balaban J connectivity index is 1.74. The first kappa shape index (κ1) is 14.1. The maximum absolute atomic E-state index is 6.17. The lowest BCUT2D eigenvalue weighted by molar-refractivity contribution is 0.915. The summed E-state index contributed by atoms with van der Waals surface area (Å²) in [6.07, 6.45) is 2.48. The van der Waals surface area contributed by atoms with Gasteiger partial charge in [-0.25, -0.2) is 4.98 Å². The van der Waals surface area contributed by atoms with Crippen molar-refractivity contribution in [3.63, 3.8) is 0 Å². The summed E-state index contributed by atoms with van der Waals surface area (Å²) in [4.78, 5) is 11.4. The van der Waals surface area contributed by atoms with E-state index < -0.39 is 0 Å². The fourth-order valence-corrected chi connectivity index (χ4v) is 2.76. The van der Waals surface area contributed by atoms with E-state index in [9.17, 15) is 0 Å². The number of halogens is 1. The molecule has 0 bridgehead atoms. The van der Waals surface area contributed by atoms with Crippen LogP contribution in [0.3, 0.4) is 0 Å². The van der Waals surface area contributed by atoms with Crippen LogP contribution >= 0.6 is 11.6 Å². The summed E-state index contributed by atoms with van der Waals surface area (Å²) in [6, 6.07) is 9.86. The number of aromatic nitrogens is 2. The van der Waals surface area contributed by atoms with Crippen LogP contribution in [-0.2, 0) is 6.54 Å². The summed E-state index contributed by atoms with van der Waals surface area (Å²) in [5.41, 5.74) is 2.03. The third-order valence-corrected chi connectivity index (χ3v) is 4.03. The highest BCUT2D eigenvalue weighted by molar-refractivity contribution is 6.31. The molecule has 110 valence electrons. The highest BCUT2D eigenvalue weighted by Crippen LogP contribution is 2.21. The van der Waals surface area contributed by atoms with Crippen LogP contribution in [0, 0.1) is 6.92 Å². The van der Waals surface area contributed by atoms with Crippen LogP contribution in [0.5, 0.6) is 0 Å². The van der Waals surface area contributed by atoms with Crippen LogP contribution in [0.4, 0.5) is 11.8 Å². The molecule has 4 nitrogen and oxygen atoms in total. The van der Waals surface area contributed by atoms with Crippen LogP contribution in [0.25, 0.3) is 0 Å². The summed E-state index contributed by atoms with van der Waals surface area (Å²) in [6.45, 7) is 4.80. The van der Waals surface area contributed by atoms with Crippen molar-refractivity contribution in [1.82, 2.24) is 9.97 Å². The van der Waals surface area contributed by atoms with Crippen LogP contribution in [-0.4, -0.2) is 23.1 Å². The van der Waals surface area contributed by atoms with E-state index in [2.05, 4.69) is 20.2 Å². The van der Waals surface area contributed by atoms with E-state index in [1.54, 1.807) is 0 Å². The molecule has 21 heavy (non-hydrogen) atoms. The van der Waals surface area contributed by atoms with Gasteiger partial charge in [0.1, 0.15) is 5.82 Å². The number of hydrogen-bond donors (Lipinski definition) is 1. The number of nitrogens with zero attached hydrogens (tertiary/aromatic N) is 3. The second-order valence-corrected chi connectivity index (χ2v) is 5.74. The van der Waals surface area contributed by atoms with Crippen molar-refractivity contribution in [2.24, 2.45) is 0 Å². The lowest BCUT2D eigenvalue weighted by atomic mass is 10.2. The number of hydrogen-bond acceptors (Lipinski definition) is 4. The van der Waals surface area contributed by atoms with Gasteiger partial charge in [0.15, 0.2) is 0 Å². The zero-order chi connectivity index (χ0) is 14.7. The van der Waals surface area contributed by atoms with Gasteiger partial charge in [0, 0.05) is 36.4 Å². The standard InChI is InChI=1S/C16H19ClN4/c1-12-10-15(21-8-4-5-9-21)20-16(19-12)18-11-13-6-2-3-7-14(13)17/h2-3,6-7,10H,4-5,8-9,11H2,1H3,(H,18,19,20). The molecule has 2 heterocycles. The first-order valence-electron chi connectivity index (χ1n) is 7.30. The van der Waals surface area contributed by atoms with E-state index in [1.165, 1.54) is 12.8 Å². The lowest BCUT2D eigenvalue weighted by Crippen LogP contribution is -2.20. The molecule has 5 heteroatoms. The van der Waals surface area contributed by atoms with E-state index >= 15 is 0 Å². The quantitative estimate of drug-likeness (QED) is 0.936. The zero-order valence-corrected chi connectivity index (χ0v) is 12.9. The first-order chi connectivity index (χ1) is 10.2. The maximum atomic E-state index is 6.17. The topological polar surface area (TPSA) is 41.1 Å². The lowest BCUT2D eigenvalue weighted by Gasteiger charge is -2.17. The van der Waals surface area contributed by atoms with Crippen LogP contribution in [0.2, 0.25) is 5.02 Å². The van der Waals surface area contributed by atoms with Crippen molar-refractivity contribution in [3.8, 4) is 0 Å². The van der Waals surface area contributed by atoms with Gasteiger partial charge in [-0.2, -0.15) is 4.98 Å². The van der Waals surface area contributed by atoms with E-state index in [4.69, 9.17) is 11.6 Å². The van der Waals surface area contributed by atoms with E-state index in [0.29, 0.717) is 12.5 Å². The highest BCUT2D eigenvalue weighted by Gasteiger charge is 2.15. The second kappa shape index (κ2) is 6.31. The SMILES string of the molecule is Cc1cc(N2CCCC2)nc(NCc2ccccc2Cl)n1. The minimum atomic E-state index is 0.628. The molecule has 0 aliphatic carbocycles. The highest BCUT2D eigenvalue weighted by atomic mass is 35.5. The van der Waals surface area contributed by atoms with Crippen molar-refractivity contribution in [2.45, 2.75) is 26.3 Å². The Morgan fingerprint density at radius 1 is 1.19 bits per heavy atom. The van der Waals surface area contributed by atoms with Crippen LogP contribution in [0.15, 0.2) is 30.3 Å². The Labute approximate surface area is 130 Å². The fourth-order valence-electron chi connectivity index (χ4n) is 2.56. The van der Waals surface area contributed by atoms with Crippen molar-refractivity contribution in [1.29, 1.82) is 0 Å². The predicted octanol–water partition coefficient (Wildman–Crippen LogP) is 3.65. The number of nitrogens with one attached hydrogen (secondary N) is 1. The zero-order valence-electron chi connectivity index (χ0n) is 12.1. The molecular formula is C16H19ClN4. The molecule has 0 saturated carbocycles. The average Bonchev–Trinajstić information content (AvgIpc) is 3.00. The molecule has 1 N–H and O–H groups in total. The van der Waals surface area contributed by atoms with Gasteiger partial charge < -0.3 is 10.2 Å². The molecule has 1 aromatic heterocycles. The van der Waals surface area contributed by atoms with Gasteiger partial charge in [0.05, 0.1) is 0 Å². The summed E-state index contributed by atoms with van der Waals surface area (Å²) in [7, 11) is 0. The summed E-state index contributed by atoms with van der Waals surface area (Å²) in [5.74, 6) is 1.68. The van der Waals surface area contributed by atoms with Gasteiger partial charge in [-0.15, -0.1) is 0 Å². The first-order valence-corrected chi connectivity index (χ1v) is 7.68. The van der Waals surface area contributed by atoms with Gasteiger partial charge >= 0.3 is 0 Å². The normalized spacial score (nSPS) is 14.5. The average molecular weight is 303 g/mol. The Hall–Kier alpha value is -1.81. The Kier molecular flexibility index (Phi) is 4.25. The number of aryl methyl sites for hydroxylation is 1. The van der Waals surface area contributed by atoms with Gasteiger partial charge in [-0.1, -0.05) is 29.8 Å². The monoisotopic (exact) mass is 302 g/mol. The number of benzene rings is 1. The largest absolute Gasteiger partial charge is 0.356 e. The molecule has 0 amide bonds. The van der Waals surface area contributed by atoms with E-state index in [0.717, 1.165) is 35.2 Å². The molecule has 0 radical (unpaired) electrons. The van der Waals surface area contributed by atoms with E-state index in [-0.39, 0.29) is 0 Å². The summed E-state index contributed by atoms with van der Waals surface area (Å²) < 4.78 is 0. The van der Waals surface area contributed by atoms with Gasteiger partial charge in [0.2, 0.25) is 5.95 Å². The summed E-state index contributed by atoms with van der Waals surface area (Å²) in [5, 5.41) is 4.03. The van der Waals surface area contributed by atoms with Crippen molar-refractivity contribution >= 4 is 23.4 Å². The molecular weight excluding hydrogens is 284 g/mol. The molecule has 1 fully saturated rings. The summed E-state index contributed by atoms with van der Waals surface area (Å²) >= 11 is 6.17.